The van der Waals surface area contributed by atoms with E-state index in [-0.39, 0.29) is 5.56 Å². The summed E-state index contributed by atoms with van der Waals surface area (Å²) in [4.78, 5) is 21.4. The molecule has 0 aliphatic heterocycles. The van der Waals surface area contributed by atoms with Crippen LogP contribution in [0.4, 0.5) is 0 Å². The molecule has 0 unspecified atom stereocenters. The van der Waals surface area contributed by atoms with Crippen LogP contribution in [0.2, 0.25) is 0 Å². The second kappa shape index (κ2) is 6.44. The molecular weight excluding hydrogens is 252 g/mol. The Hall–Kier alpha value is -2.50. The van der Waals surface area contributed by atoms with E-state index in [1.165, 1.54) is 19.2 Å². The van der Waals surface area contributed by atoms with Gasteiger partial charge in [-0.25, -0.2) is 4.79 Å². The van der Waals surface area contributed by atoms with Crippen molar-refractivity contribution in [3.8, 4) is 11.5 Å². The first-order valence-corrected chi connectivity index (χ1v) is 5.48. The molecule has 0 bridgehead atoms. The minimum atomic E-state index is -1.64. The molecule has 0 amide bonds. The third kappa shape index (κ3) is 3.74. The van der Waals surface area contributed by atoms with Gasteiger partial charge >= 0.3 is 5.97 Å². The highest BCUT2D eigenvalue weighted by Crippen LogP contribution is 2.29. The largest absolute Gasteiger partial charge is 0.507 e. The van der Waals surface area contributed by atoms with E-state index >= 15 is 0 Å². The highest BCUT2D eigenvalue weighted by atomic mass is 16.5. The molecule has 0 aromatic heterocycles. The van der Waals surface area contributed by atoms with Gasteiger partial charge in [0.1, 0.15) is 17.3 Å². The van der Waals surface area contributed by atoms with Crippen LogP contribution in [0, 0.1) is 0 Å². The number of hydrogen-bond acceptors (Lipinski definition) is 5. The fourth-order valence-corrected chi connectivity index (χ4v) is 1.38. The summed E-state index contributed by atoms with van der Waals surface area (Å²) in [6.45, 7) is 2.10. The fourth-order valence-electron chi connectivity index (χ4n) is 1.38. The molecule has 0 aliphatic carbocycles. The van der Waals surface area contributed by atoms with Crippen molar-refractivity contribution in [2.45, 2.75) is 6.92 Å². The van der Waals surface area contributed by atoms with Crippen molar-refractivity contribution in [1.82, 2.24) is 0 Å². The maximum atomic E-state index is 11.0. The molecule has 0 aliphatic rings. The number of aliphatic carboxylic acids is 1. The Morgan fingerprint density at radius 2 is 2.00 bits per heavy atom. The predicted molar refractivity (Wildman–Crippen MR) is 67.4 cm³/mol. The van der Waals surface area contributed by atoms with E-state index in [0.29, 0.717) is 24.2 Å². The summed E-state index contributed by atoms with van der Waals surface area (Å²) in [5.74, 6) is -2.51. The number of aliphatic hydroxyl groups is 1. The summed E-state index contributed by atoms with van der Waals surface area (Å²) in [5.41, 5.74) is 0.220. The van der Waals surface area contributed by atoms with Gasteiger partial charge in [-0.05, 0) is 19.1 Å². The molecule has 6 nitrogen and oxygen atoms in total. The van der Waals surface area contributed by atoms with E-state index in [0.717, 1.165) is 0 Å². The normalized spacial score (nSPS) is 10.9. The van der Waals surface area contributed by atoms with Crippen LogP contribution in [0.5, 0.6) is 11.5 Å². The van der Waals surface area contributed by atoms with E-state index in [9.17, 15) is 14.7 Å². The quantitative estimate of drug-likeness (QED) is 0.462. The van der Waals surface area contributed by atoms with Crippen molar-refractivity contribution in [2.24, 2.45) is 0 Å². The average Bonchev–Trinajstić information content (AvgIpc) is 2.38. The standard InChI is InChI=1S/C13H14O6/c1-3-19-12-6-8(18-2)4-5-9(12)10(14)7-11(15)13(16)17/h4-7,14H,3H2,1-2H3,(H,16,17)/b10-7-. The van der Waals surface area contributed by atoms with E-state index in [4.69, 9.17) is 14.6 Å². The number of aliphatic hydroxyl groups excluding tert-OH is 1. The molecule has 1 aromatic rings. The molecule has 0 atom stereocenters. The molecule has 0 saturated heterocycles. The van der Waals surface area contributed by atoms with Gasteiger partial charge in [0, 0.05) is 12.1 Å². The van der Waals surface area contributed by atoms with Gasteiger partial charge in [0.2, 0.25) is 0 Å². The Balaban J connectivity index is 3.18. The van der Waals surface area contributed by atoms with Crippen molar-refractivity contribution in [1.29, 1.82) is 0 Å². The van der Waals surface area contributed by atoms with Gasteiger partial charge in [-0.1, -0.05) is 0 Å². The number of rotatable bonds is 6. The summed E-state index contributed by atoms with van der Waals surface area (Å²) in [5, 5.41) is 18.2. The molecule has 0 spiro atoms. The number of ketones is 1. The third-order valence-corrected chi connectivity index (χ3v) is 2.24. The van der Waals surface area contributed by atoms with Crippen molar-refractivity contribution in [2.75, 3.05) is 13.7 Å². The van der Waals surface area contributed by atoms with Gasteiger partial charge in [0.25, 0.3) is 5.78 Å². The molecule has 6 heteroatoms. The number of hydrogen-bond donors (Lipinski definition) is 2. The lowest BCUT2D eigenvalue weighted by atomic mass is 10.1. The Kier molecular flexibility index (Phi) is 4.93. The molecule has 0 fully saturated rings. The topological polar surface area (TPSA) is 93.1 Å². The summed E-state index contributed by atoms with van der Waals surface area (Å²) in [6, 6.07) is 4.58. The predicted octanol–water partition coefficient (Wildman–Crippen LogP) is 1.65. The summed E-state index contributed by atoms with van der Waals surface area (Å²) >= 11 is 0. The Bertz CT molecular complexity index is 518. The first kappa shape index (κ1) is 14.6. The average molecular weight is 266 g/mol. The number of carbonyl (C=O) groups excluding carboxylic acids is 1. The number of carbonyl (C=O) groups is 2. The first-order chi connectivity index (χ1) is 8.99. The maximum Gasteiger partial charge on any atom is 0.376 e. The molecule has 19 heavy (non-hydrogen) atoms. The van der Waals surface area contributed by atoms with Crippen molar-refractivity contribution < 1.29 is 29.3 Å². The molecule has 0 saturated carbocycles. The molecule has 2 N–H and O–H groups in total. The van der Waals surface area contributed by atoms with Gasteiger partial charge in [-0.3, -0.25) is 4.79 Å². The zero-order valence-corrected chi connectivity index (χ0v) is 10.5. The van der Waals surface area contributed by atoms with Crippen LogP contribution in [0.3, 0.4) is 0 Å². The van der Waals surface area contributed by atoms with Crippen LogP contribution < -0.4 is 9.47 Å². The van der Waals surface area contributed by atoms with E-state index in [2.05, 4.69) is 0 Å². The van der Waals surface area contributed by atoms with Crippen LogP contribution in [-0.2, 0) is 9.59 Å². The molecule has 1 rings (SSSR count). The number of carboxylic acids is 1. The van der Waals surface area contributed by atoms with E-state index in [1.807, 2.05) is 0 Å². The SMILES string of the molecule is CCOc1cc(OC)ccc1/C(O)=C/C(=O)C(=O)O. The monoisotopic (exact) mass is 266 g/mol. The molecule has 1 aromatic carbocycles. The van der Waals surface area contributed by atoms with Gasteiger partial charge < -0.3 is 19.7 Å². The maximum absolute atomic E-state index is 11.0. The Labute approximate surface area is 109 Å². The number of ether oxygens (including phenoxy) is 2. The first-order valence-electron chi connectivity index (χ1n) is 5.48. The highest BCUT2D eigenvalue weighted by Gasteiger charge is 2.14. The van der Waals surface area contributed by atoms with Crippen molar-refractivity contribution >= 4 is 17.5 Å². The molecule has 0 radical (unpaired) electrons. The zero-order chi connectivity index (χ0) is 14.4. The van der Waals surface area contributed by atoms with Gasteiger partial charge in [-0.15, -0.1) is 0 Å². The molecular formula is C13H14O6. The lowest BCUT2D eigenvalue weighted by molar-refractivity contribution is -0.146. The second-order valence-electron chi connectivity index (χ2n) is 3.49. The van der Waals surface area contributed by atoms with Crippen LogP contribution >= 0.6 is 0 Å². The van der Waals surface area contributed by atoms with E-state index < -0.39 is 17.5 Å². The lowest BCUT2D eigenvalue weighted by Gasteiger charge is -2.11. The highest BCUT2D eigenvalue weighted by molar-refractivity contribution is 6.38. The van der Waals surface area contributed by atoms with Gasteiger partial charge in [-0.2, -0.15) is 0 Å². The van der Waals surface area contributed by atoms with Crippen molar-refractivity contribution in [3.05, 3.63) is 29.8 Å². The Morgan fingerprint density at radius 3 is 2.53 bits per heavy atom. The number of methoxy groups -OCH3 is 1. The van der Waals surface area contributed by atoms with Gasteiger partial charge in [0.15, 0.2) is 0 Å². The minimum Gasteiger partial charge on any atom is -0.507 e. The third-order valence-electron chi connectivity index (χ3n) is 2.24. The van der Waals surface area contributed by atoms with Crippen LogP contribution in [0.25, 0.3) is 5.76 Å². The lowest BCUT2D eigenvalue weighted by Crippen LogP contribution is -2.09. The van der Waals surface area contributed by atoms with Gasteiger partial charge in [0.05, 0.1) is 19.3 Å². The minimum absolute atomic E-state index is 0.220. The summed E-state index contributed by atoms with van der Waals surface area (Å²) in [6.07, 6.45) is 0.632. The Morgan fingerprint density at radius 1 is 1.32 bits per heavy atom. The van der Waals surface area contributed by atoms with E-state index in [1.54, 1.807) is 13.0 Å². The van der Waals surface area contributed by atoms with Crippen molar-refractivity contribution in [3.63, 3.8) is 0 Å². The fraction of sp³-hybridized carbons (Fsp3) is 0.231. The smallest absolute Gasteiger partial charge is 0.376 e. The summed E-state index contributed by atoms with van der Waals surface area (Å²) < 4.78 is 10.3. The van der Waals surface area contributed by atoms with Crippen LogP contribution in [-0.4, -0.2) is 35.7 Å². The zero-order valence-electron chi connectivity index (χ0n) is 10.5. The number of carboxylic acid groups (broad SMARTS) is 1. The molecule has 102 valence electrons. The number of benzene rings is 1. The molecule has 0 heterocycles. The van der Waals surface area contributed by atoms with Crippen LogP contribution in [0.15, 0.2) is 24.3 Å². The van der Waals surface area contributed by atoms with Crippen LogP contribution in [0.1, 0.15) is 12.5 Å². The summed E-state index contributed by atoms with van der Waals surface area (Å²) in [7, 11) is 1.48. The second-order valence-corrected chi connectivity index (χ2v) is 3.49.